The molecule has 1 aromatic carbocycles. The second-order valence-electron chi connectivity index (χ2n) is 2.61. The first-order valence-corrected chi connectivity index (χ1v) is 3.92. The Hall–Kier alpha value is -0.530. The quantitative estimate of drug-likeness (QED) is 0.624. The lowest BCUT2D eigenvalue weighted by atomic mass is 9.98. The van der Waals surface area contributed by atoms with Gasteiger partial charge < -0.3 is 4.74 Å². The molecule has 1 aliphatic heterocycles. The van der Waals surface area contributed by atoms with Crippen LogP contribution in [0.4, 0.5) is 0 Å². The summed E-state index contributed by atoms with van der Waals surface area (Å²) in [7, 11) is 0. The van der Waals surface area contributed by atoms with Gasteiger partial charge in [0.05, 0.1) is 19.1 Å². The van der Waals surface area contributed by atoms with Crippen LogP contribution in [0.5, 0.6) is 0 Å². The topological polar surface area (TPSA) is 9.23 Å². The molecule has 1 fully saturated rings. The summed E-state index contributed by atoms with van der Waals surface area (Å²) in [4.78, 5) is 0. The summed E-state index contributed by atoms with van der Waals surface area (Å²) in [5, 5.41) is 0.793. The van der Waals surface area contributed by atoms with E-state index in [9.17, 15) is 0 Å². The molecule has 57 valence electrons. The SMILES string of the molecule is Clc1cccc([C]2COC2)c1. The molecule has 1 saturated heterocycles. The maximum atomic E-state index is 5.82. The van der Waals surface area contributed by atoms with Crippen molar-refractivity contribution in [1.29, 1.82) is 0 Å². The summed E-state index contributed by atoms with van der Waals surface area (Å²) in [6.45, 7) is 1.53. The van der Waals surface area contributed by atoms with Gasteiger partial charge in [-0.05, 0) is 17.7 Å². The Bertz CT molecular complexity index is 255. The van der Waals surface area contributed by atoms with Crippen LogP contribution in [0, 0.1) is 5.92 Å². The number of rotatable bonds is 1. The summed E-state index contributed by atoms with van der Waals surface area (Å²) in [6, 6.07) is 7.87. The van der Waals surface area contributed by atoms with E-state index in [0.717, 1.165) is 18.2 Å². The zero-order chi connectivity index (χ0) is 7.68. The molecular weight excluding hydrogens is 160 g/mol. The summed E-state index contributed by atoms with van der Waals surface area (Å²) >= 11 is 5.82. The maximum absolute atomic E-state index is 5.82. The lowest BCUT2D eigenvalue weighted by Crippen LogP contribution is -2.25. The minimum absolute atomic E-state index is 0.764. The van der Waals surface area contributed by atoms with E-state index in [1.54, 1.807) is 0 Å². The van der Waals surface area contributed by atoms with Crippen molar-refractivity contribution in [2.45, 2.75) is 0 Å². The summed E-state index contributed by atoms with van der Waals surface area (Å²) in [5.74, 6) is 1.34. The van der Waals surface area contributed by atoms with Crippen LogP contribution < -0.4 is 0 Å². The fourth-order valence-electron chi connectivity index (χ4n) is 1.08. The zero-order valence-corrected chi connectivity index (χ0v) is 6.77. The molecule has 0 aromatic heterocycles. The molecule has 0 saturated carbocycles. The van der Waals surface area contributed by atoms with Gasteiger partial charge >= 0.3 is 0 Å². The normalized spacial score (nSPS) is 17.9. The third kappa shape index (κ3) is 1.39. The molecule has 0 unspecified atom stereocenters. The van der Waals surface area contributed by atoms with Crippen LogP contribution >= 0.6 is 11.6 Å². The van der Waals surface area contributed by atoms with E-state index >= 15 is 0 Å². The number of halogens is 1. The maximum Gasteiger partial charge on any atom is 0.0596 e. The van der Waals surface area contributed by atoms with Crippen molar-refractivity contribution in [3.63, 3.8) is 0 Å². The van der Waals surface area contributed by atoms with Crippen molar-refractivity contribution in [1.82, 2.24) is 0 Å². The Kier molecular flexibility index (Phi) is 1.84. The lowest BCUT2D eigenvalue weighted by molar-refractivity contribution is 0.0733. The molecule has 11 heavy (non-hydrogen) atoms. The molecule has 1 radical (unpaired) electrons. The highest BCUT2D eigenvalue weighted by Gasteiger charge is 2.20. The van der Waals surface area contributed by atoms with Gasteiger partial charge in [-0.15, -0.1) is 0 Å². The molecule has 0 spiro atoms. The van der Waals surface area contributed by atoms with Gasteiger partial charge in [0, 0.05) is 5.02 Å². The largest absolute Gasteiger partial charge is 0.379 e. The highest BCUT2D eigenvalue weighted by atomic mass is 35.5. The van der Waals surface area contributed by atoms with Crippen molar-refractivity contribution in [3.05, 3.63) is 40.8 Å². The number of hydrogen-bond donors (Lipinski definition) is 0. The van der Waals surface area contributed by atoms with Crippen LogP contribution in [0.1, 0.15) is 5.56 Å². The number of ether oxygens (including phenoxy) is 1. The number of benzene rings is 1. The average Bonchev–Trinajstić information content (AvgIpc) is 1.83. The van der Waals surface area contributed by atoms with Crippen molar-refractivity contribution in [3.8, 4) is 0 Å². The van der Waals surface area contributed by atoms with Gasteiger partial charge in [0.15, 0.2) is 0 Å². The van der Waals surface area contributed by atoms with Crippen LogP contribution in [0.25, 0.3) is 0 Å². The second kappa shape index (κ2) is 2.84. The molecule has 0 atom stereocenters. The van der Waals surface area contributed by atoms with E-state index in [4.69, 9.17) is 16.3 Å². The average molecular weight is 168 g/mol. The molecule has 0 aliphatic carbocycles. The standard InChI is InChI=1S/C9H8ClO/c10-9-3-1-2-7(4-9)8-5-11-6-8/h1-4H,5-6H2. The highest BCUT2D eigenvalue weighted by Crippen LogP contribution is 2.24. The molecule has 1 aromatic rings. The molecule has 0 N–H and O–H groups in total. The van der Waals surface area contributed by atoms with Crippen molar-refractivity contribution in [2.24, 2.45) is 0 Å². The number of hydrogen-bond acceptors (Lipinski definition) is 1. The Morgan fingerprint density at radius 3 is 2.64 bits per heavy atom. The van der Waals surface area contributed by atoms with Crippen LogP contribution in [0.2, 0.25) is 5.02 Å². The molecule has 1 aliphatic rings. The van der Waals surface area contributed by atoms with Gasteiger partial charge in [-0.2, -0.15) is 0 Å². The van der Waals surface area contributed by atoms with Crippen molar-refractivity contribution in [2.75, 3.05) is 13.2 Å². The summed E-state index contributed by atoms with van der Waals surface area (Å²) in [5.41, 5.74) is 1.21. The van der Waals surface area contributed by atoms with E-state index in [0.29, 0.717) is 0 Å². The Morgan fingerprint density at radius 2 is 2.09 bits per heavy atom. The predicted octanol–water partition coefficient (Wildman–Crippen LogP) is 2.29. The van der Waals surface area contributed by atoms with E-state index < -0.39 is 0 Å². The van der Waals surface area contributed by atoms with Gasteiger partial charge in [0.25, 0.3) is 0 Å². The Labute approximate surface area is 70.9 Å². The first-order valence-electron chi connectivity index (χ1n) is 3.54. The smallest absolute Gasteiger partial charge is 0.0596 e. The molecule has 1 nitrogen and oxygen atoms in total. The zero-order valence-electron chi connectivity index (χ0n) is 6.01. The monoisotopic (exact) mass is 167 g/mol. The Balaban J connectivity index is 2.23. The van der Waals surface area contributed by atoms with E-state index in [-0.39, 0.29) is 0 Å². The molecule has 1 heterocycles. The van der Waals surface area contributed by atoms with Crippen LogP contribution in [0.15, 0.2) is 24.3 Å². The van der Waals surface area contributed by atoms with Crippen molar-refractivity contribution < 1.29 is 4.74 Å². The fraction of sp³-hybridized carbons (Fsp3) is 0.222. The molecular formula is C9H8ClO. The van der Waals surface area contributed by atoms with Gasteiger partial charge in [-0.1, -0.05) is 23.7 Å². The van der Waals surface area contributed by atoms with E-state index in [2.05, 4.69) is 6.07 Å². The highest BCUT2D eigenvalue weighted by molar-refractivity contribution is 6.30. The van der Waals surface area contributed by atoms with Crippen molar-refractivity contribution >= 4 is 11.6 Å². The lowest BCUT2D eigenvalue weighted by Gasteiger charge is -2.25. The minimum atomic E-state index is 0.764. The van der Waals surface area contributed by atoms with Gasteiger partial charge in [0.1, 0.15) is 0 Å². The van der Waals surface area contributed by atoms with Crippen LogP contribution in [-0.4, -0.2) is 13.2 Å². The fourth-order valence-corrected chi connectivity index (χ4v) is 1.27. The summed E-state index contributed by atoms with van der Waals surface area (Å²) in [6.07, 6.45) is 0. The van der Waals surface area contributed by atoms with E-state index in [1.807, 2.05) is 18.2 Å². The Morgan fingerprint density at radius 1 is 1.27 bits per heavy atom. The van der Waals surface area contributed by atoms with Crippen LogP contribution in [-0.2, 0) is 4.74 Å². The third-order valence-electron chi connectivity index (χ3n) is 1.79. The molecule has 0 bridgehead atoms. The minimum Gasteiger partial charge on any atom is -0.379 e. The second-order valence-corrected chi connectivity index (χ2v) is 3.04. The first-order chi connectivity index (χ1) is 5.36. The van der Waals surface area contributed by atoms with Gasteiger partial charge in [0.2, 0.25) is 0 Å². The molecule has 0 amide bonds. The third-order valence-corrected chi connectivity index (χ3v) is 2.02. The van der Waals surface area contributed by atoms with Gasteiger partial charge in [-0.25, -0.2) is 0 Å². The van der Waals surface area contributed by atoms with E-state index in [1.165, 1.54) is 11.5 Å². The summed E-state index contributed by atoms with van der Waals surface area (Å²) < 4.78 is 5.05. The first kappa shape index (κ1) is 7.14. The predicted molar refractivity (Wildman–Crippen MR) is 44.6 cm³/mol. The van der Waals surface area contributed by atoms with Crippen LogP contribution in [0.3, 0.4) is 0 Å². The van der Waals surface area contributed by atoms with Gasteiger partial charge in [-0.3, -0.25) is 0 Å². The molecule has 2 rings (SSSR count). The molecule has 2 heteroatoms.